The van der Waals surface area contributed by atoms with E-state index in [-0.39, 0.29) is 30.6 Å². The number of benzene rings is 1. The number of fused-ring (bicyclic) bond motifs is 1. The molecule has 4 bridgehead atoms. The Balaban J connectivity index is 1.91. The molecule has 4 fully saturated rings. The molecule has 0 spiro atoms. The maximum Gasteiger partial charge on any atom is 0.338 e. The molecule has 11 atom stereocenters. The Bertz CT molecular complexity index is 1570. The highest BCUT2D eigenvalue weighted by Crippen LogP contribution is 2.67. The molecule has 0 amide bonds. The minimum atomic E-state index is -2.48. The van der Waals surface area contributed by atoms with Crippen molar-refractivity contribution in [1.82, 2.24) is 0 Å². The third-order valence-corrected chi connectivity index (χ3v) is 11.1. The summed E-state index contributed by atoms with van der Waals surface area (Å²) in [6, 6.07) is 7.88. The molecular weight excluding hydrogens is 644 g/mol. The average molecular weight is 687 g/mol. The number of aliphatic hydroxyl groups is 2. The summed E-state index contributed by atoms with van der Waals surface area (Å²) in [4.78, 5) is 79.4. The van der Waals surface area contributed by atoms with E-state index in [1.807, 2.05) is 0 Å². The molecule has 1 saturated heterocycles. The van der Waals surface area contributed by atoms with Gasteiger partial charge in [-0.1, -0.05) is 31.7 Å². The largest absolute Gasteiger partial charge is 0.462 e. The fourth-order valence-corrected chi connectivity index (χ4v) is 8.86. The Morgan fingerprint density at radius 1 is 0.898 bits per heavy atom. The van der Waals surface area contributed by atoms with Gasteiger partial charge in [0.05, 0.1) is 23.7 Å². The number of Topliss-reactive ketones (excluding diaryl/α,β-unsaturated/α-hetero) is 1. The second kappa shape index (κ2) is 12.6. The number of ketones is 1. The van der Waals surface area contributed by atoms with Crippen LogP contribution >= 0.6 is 0 Å². The first-order chi connectivity index (χ1) is 22.8. The maximum absolute atomic E-state index is 14.1. The molecule has 1 aromatic rings. The molecule has 0 aromatic heterocycles. The second-order valence-corrected chi connectivity index (χ2v) is 13.8. The van der Waals surface area contributed by atoms with E-state index in [9.17, 15) is 39.0 Å². The molecular formula is C35H42O14. The van der Waals surface area contributed by atoms with Gasteiger partial charge in [-0.15, -0.1) is 0 Å². The van der Waals surface area contributed by atoms with Gasteiger partial charge in [0.15, 0.2) is 23.6 Å². The van der Waals surface area contributed by atoms with Gasteiger partial charge < -0.3 is 38.6 Å². The number of hydrogen-bond donors (Lipinski definition) is 2. The highest BCUT2D eigenvalue weighted by molar-refractivity contribution is 5.91. The van der Waals surface area contributed by atoms with Gasteiger partial charge in [-0.05, 0) is 24.6 Å². The van der Waals surface area contributed by atoms with E-state index < -0.39 is 107 Å². The molecule has 0 unspecified atom stereocenters. The van der Waals surface area contributed by atoms with Gasteiger partial charge in [0.2, 0.25) is 0 Å². The molecule has 1 aliphatic heterocycles. The van der Waals surface area contributed by atoms with Crippen LogP contribution in [-0.4, -0.2) is 101 Å². The van der Waals surface area contributed by atoms with Crippen LogP contribution < -0.4 is 0 Å². The van der Waals surface area contributed by atoms with Crippen molar-refractivity contribution in [2.24, 2.45) is 22.7 Å². The third kappa shape index (κ3) is 5.44. The van der Waals surface area contributed by atoms with Crippen molar-refractivity contribution in [2.45, 2.75) is 96.1 Å². The van der Waals surface area contributed by atoms with Gasteiger partial charge in [0.1, 0.15) is 24.4 Å². The molecule has 3 saturated carbocycles. The Morgan fingerprint density at radius 3 is 2.04 bits per heavy atom. The van der Waals surface area contributed by atoms with Crippen LogP contribution in [0, 0.1) is 22.7 Å². The lowest BCUT2D eigenvalue weighted by atomic mass is 9.43. The predicted molar refractivity (Wildman–Crippen MR) is 165 cm³/mol. The summed E-state index contributed by atoms with van der Waals surface area (Å²) in [6.45, 7) is 10.4. The second-order valence-electron chi connectivity index (χ2n) is 13.8. The summed E-state index contributed by atoms with van der Waals surface area (Å²) in [5.74, 6) is -7.53. The van der Waals surface area contributed by atoms with Gasteiger partial charge in [-0.3, -0.25) is 24.0 Å². The van der Waals surface area contributed by atoms with Crippen LogP contribution in [0.3, 0.4) is 0 Å². The zero-order valence-corrected chi connectivity index (χ0v) is 28.3. The fraction of sp³-hybridized carbons (Fsp3) is 0.600. The molecule has 266 valence electrons. The fourth-order valence-electron chi connectivity index (χ4n) is 8.86. The zero-order chi connectivity index (χ0) is 36.3. The molecule has 1 heterocycles. The van der Waals surface area contributed by atoms with Crippen molar-refractivity contribution in [1.29, 1.82) is 0 Å². The average Bonchev–Trinajstić information content (AvgIpc) is 3.16. The lowest BCUT2D eigenvalue weighted by molar-refractivity contribution is -0.302. The van der Waals surface area contributed by atoms with E-state index in [0.29, 0.717) is 0 Å². The highest BCUT2D eigenvalue weighted by Gasteiger charge is 2.83. The first-order valence-electron chi connectivity index (χ1n) is 16.0. The molecule has 5 rings (SSSR count). The molecule has 1 aromatic carbocycles. The number of carbonyl (C=O) groups excluding carboxylic acids is 6. The van der Waals surface area contributed by atoms with Crippen LogP contribution in [0.4, 0.5) is 0 Å². The van der Waals surface area contributed by atoms with Gasteiger partial charge in [-0.25, -0.2) is 4.79 Å². The van der Waals surface area contributed by atoms with E-state index in [4.69, 9.17) is 28.4 Å². The van der Waals surface area contributed by atoms with E-state index in [2.05, 4.69) is 6.58 Å². The standard InChI is InChI=1S/C35H42O14/c1-17-24(40)14-26(46-18(2)36)34(16-44-31(42)22-11-9-8-10-12-22)27(17)28(47-19(3)37)23-13-25(41)33(7)35(43,32(23,6)15-45-33)30(49-21(5)39)29(34)48-20(4)38/h8-12,23-24,26-30,40,43H,1,13-16H2,2-7H3/t23-,24-,26-,27+,28+,29-,30-,32+,33+,34+,35-/m0/s1. The molecule has 49 heavy (non-hydrogen) atoms. The van der Waals surface area contributed by atoms with Crippen LogP contribution in [0.5, 0.6) is 0 Å². The topological polar surface area (TPSA) is 198 Å². The minimum Gasteiger partial charge on any atom is -0.462 e. The smallest absolute Gasteiger partial charge is 0.338 e. The summed E-state index contributed by atoms with van der Waals surface area (Å²) < 4.78 is 35.8. The van der Waals surface area contributed by atoms with Crippen LogP contribution in [-0.2, 0) is 52.4 Å². The maximum atomic E-state index is 14.1. The molecule has 3 aliphatic carbocycles. The van der Waals surface area contributed by atoms with Crippen molar-refractivity contribution in [3.05, 3.63) is 48.0 Å². The molecule has 14 nitrogen and oxygen atoms in total. The first kappa shape index (κ1) is 36.1. The first-order valence-corrected chi connectivity index (χ1v) is 16.0. The molecule has 14 heteroatoms. The predicted octanol–water partition coefficient (Wildman–Crippen LogP) is 1.62. The van der Waals surface area contributed by atoms with Gasteiger partial charge >= 0.3 is 29.8 Å². The zero-order valence-electron chi connectivity index (χ0n) is 28.3. The number of rotatable bonds is 7. The molecule has 0 radical (unpaired) electrons. The van der Waals surface area contributed by atoms with Gasteiger partial charge in [0.25, 0.3) is 0 Å². The van der Waals surface area contributed by atoms with E-state index in [1.165, 1.54) is 19.1 Å². The Kier molecular flexibility index (Phi) is 9.32. The van der Waals surface area contributed by atoms with Crippen LogP contribution in [0.1, 0.15) is 64.7 Å². The Morgan fingerprint density at radius 2 is 1.47 bits per heavy atom. The number of ether oxygens (including phenoxy) is 6. The van der Waals surface area contributed by atoms with Crippen molar-refractivity contribution < 1.29 is 67.4 Å². The molecule has 2 N–H and O–H groups in total. The SMILES string of the molecule is C=C1[C@@H]2[C@H](OC(C)=O)[C@@H]3CC(=O)[C@@]4(C)OC[C@@]3(C)[C@@]4(O)[C@@H](OC(C)=O)[C@H](OC(C)=O)[C@]2(COC(=O)c2ccccc2)[C@@H](OC(C)=O)C[C@@H]1O. The summed E-state index contributed by atoms with van der Waals surface area (Å²) in [6.07, 6.45) is -8.88. The lowest BCUT2D eigenvalue weighted by Gasteiger charge is -2.65. The molecule has 4 aliphatic rings. The minimum absolute atomic E-state index is 0.0119. The van der Waals surface area contributed by atoms with Crippen LogP contribution in [0.25, 0.3) is 0 Å². The van der Waals surface area contributed by atoms with Crippen LogP contribution in [0.2, 0.25) is 0 Å². The van der Waals surface area contributed by atoms with Gasteiger partial charge in [0, 0.05) is 57.8 Å². The van der Waals surface area contributed by atoms with E-state index >= 15 is 0 Å². The van der Waals surface area contributed by atoms with Crippen molar-refractivity contribution in [2.75, 3.05) is 13.2 Å². The highest BCUT2D eigenvalue weighted by atomic mass is 16.6. The number of esters is 5. The summed E-state index contributed by atoms with van der Waals surface area (Å²) in [5.41, 5.74) is -8.00. The quantitative estimate of drug-likeness (QED) is 0.238. The third-order valence-electron chi connectivity index (χ3n) is 11.1. The van der Waals surface area contributed by atoms with E-state index in [1.54, 1.807) is 25.1 Å². The van der Waals surface area contributed by atoms with Crippen molar-refractivity contribution in [3.63, 3.8) is 0 Å². The summed E-state index contributed by atoms with van der Waals surface area (Å²) >= 11 is 0. The summed E-state index contributed by atoms with van der Waals surface area (Å²) in [7, 11) is 0. The number of hydrogen-bond acceptors (Lipinski definition) is 14. The Hall–Kier alpha value is -4.14. The number of aliphatic hydroxyl groups excluding tert-OH is 1. The van der Waals surface area contributed by atoms with Crippen molar-refractivity contribution in [3.8, 4) is 0 Å². The van der Waals surface area contributed by atoms with Crippen LogP contribution in [0.15, 0.2) is 42.5 Å². The number of carbonyl (C=O) groups is 6. The normalized spacial score (nSPS) is 39.4. The Labute approximate surface area is 283 Å². The summed E-state index contributed by atoms with van der Waals surface area (Å²) in [5, 5.41) is 24.6. The van der Waals surface area contributed by atoms with E-state index in [0.717, 1.165) is 27.7 Å². The van der Waals surface area contributed by atoms with Crippen molar-refractivity contribution >= 4 is 35.6 Å². The van der Waals surface area contributed by atoms with Gasteiger partial charge in [-0.2, -0.15) is 0 Å². The monoisotopic (exact) mass is 686 g/mol. The lowest BCUT2D eigenvalue weighted by Crippen LogP contribution is -2.81.